The fourth-order valence-electron chi connectivity index (χ4n) is 2.53. The van der Waals surface area contributed by atoms with Crippen LogP contribution >= 0.6 is 0 Å². The van der Waals surface area contributed by atoms with Crippen LogP contribution in [0.1, 0.15) is 37.3 Å². The molecular weight excluding hydrogens is 298 g/mol. The minimum absolute atomic E-state index is 0.250. The molecule has 0 aliphatic rings. The number of rotatable bonds is 8. The summed E-state index contributed by atoms with van der Waals surface area (Å²) < 4.78 is 5.49. The van der Waals surface area contributed by atoms with Crippen molar-refractivity contribution in [1.29, 1.82) is 0 Å². The summed E-state index contributed by atoms with van der Waals surface area (Å²) in [7, 11) is 0. The largest absolute Gasteiger partial charge is 0.449 e. The smallest absolute Gasteiger partial charge is 0.414 e. The van der Waals surface area contributed by atoms with Crippen LogP contribution in [0.2, 0.25) is 0 Å². The summed E-state index contributed by atoms with van der Waals surface area (Å²) in [5, 5.41) is 0. The number of aryl methyl sites for hydroxylation is 2. The highest BCUT2D eigenvalue weighted by molar-refractivity contribution is 5.87. The van der Waals surface area contributed by atoms with Crippen LogP contribution in [0, 0.1) is 6.92 Å². The fourth-order valence-corrected chi connectivity index (χ4v) is 2.53. The molecule has 0 spiro atoms. The van der Waals surface area contributed by atoms with E-state index in [0.29, 0.717) is 13.2 Å². The normalized spacial score (nSPS) is 10.4. The minimum Gasteiger partial charge on any atom is -0.449 e. The average molecular weight is 325 g/mol. The average Bonchev–Trinajstić information content (AvgIpc) is 2.61. The molecule has 1 amide bonds. The number of ether oxygens (including phenoxy) is 1. The quantitative estimate of drug-likeness (QED) is 0.611. The van der Waals surface area contributed by atoms with Crippen LogP contribution in [0.15, 0.2) is 54.6 Å². The van der Waals surface area contributed by atoms with Crippen LogP contribution < -0.4 is 4.90 Å². The van der Waals surface area contributed by atoms with E-state index in [4.69, 9.17) is 4.74 Å². The third-order valence-electron chi connectivity index (χ3n) is 3.98. The van der Waals surface area contributed by atoms with E-state index >= 15 is 0 Å². The molecule has 128 valence electrons. The van der Waals surface area contributed by atoms with Crippen molar-refractivity contribution in [3.05, 3.63) is 65.7 Å². The first kappa shape index (κ1) is 18.1. The van der Waals surface area contributed by atoms with Gasteiger partial charge in [-0.15, -0.1) is 0 Å². The van der Waals surface area contributed by atoms with Gasteiger partial charge >= 0.3 is 6.09 Å². The molecule has 2 aromatic rings. The Balaban J connectivity index is 1.86. The zero-order valence-electron chi connectivity index (χ0n) is 14.7. The summed E-state index contributed by atoms with van der Waals surface area (Å²) in [6.07, 6.45) is 3.52. The van der Waals surface area contributed by atoms with Gasteiger partial charge in [-0.25, -0.2) is 4.79 Å². The minimum atomic E-state index is -0.250. The first-order chi connectivity index (χ1) is 11.7. The zero-order valence-corrected chi connectivity index (χ0v) is 14.7. The molecule has 24 heavy (non-hydrogen) atoms. The number of nitrogens with zero attached hydrogens (tertiary/aromatic N) is 1. The summed E-state index contributed by atoms with van der Waals surface area (Å²) >= 11 is 0. The number of unbranched alkanes of at least 4 members (excludes halogenated alkanes) is 1. The first-order valence-electron chi connectivity index (χ1n) is 8.75. The zero-order chi connectivity index (χ0) is 17.2. The van der Waals surface area contributed by atoms with Crippen LogP contribution in [0.25, 0.3) is 0 Å². The standard InChI is InChI=1S/C21H27NO2/c1-3-4-16-22(20-14-12-18(2)13-15-20)21(23)24-17-8-11-19-9-6-5-7-10-19/h5-7,9-10,12-15H,3-4,8,11,16-17H2,1-2H3. The number of carbonyl (C=O) groups excluding carboxylic acids is 1. The summed E-state index contributed by atoms with van der Waals surface area (Å²) in [5.41, 5.74) is 3.36. The van der Waals surface area contributed by atoms with Crippen molar-refractivity contribution >= 4 is 11.8 Å². The van der Waals surface area contributed by atoms with Gasteiger partial charge in [0.05, 0.1) is 6.61 Å². The Morgan fingerprint density at radius 1 is 1.00 bits per heavy atom. The number of benzene rings is 2. The molecular formula is C21H27NO2. The van der Waals surface area contributed by atoms with E-state index < -0.39 is 0 Å². The Bertz CT molecular complexity index is 607. The van der Waals surface area contributed by atoms with Gasteiger partial charge in [0.2, 0.25) is 0 Å². The van der Waals surface area contributed by atoms with E-state index in [0.717, 1.165) is 31.4 Å². The maximum atomic E-state index is 12.4. The van der Waals surface area contributed by atoms with Crippen molar-refractivity contribution < 1.29 is 9.53 Å². The number of carbonyl (C=O) groups is 1. The second-order valence-electron chi connectivity index (χ2n) is 6.04. The van der Waals surface area contributed by atoms with Gasteiger partial charge in [0.15, 0.2) is 0 Å². The molecule has 0 aromatic heterocycles. The SMILES string of the molecule is CCCCN(C(=O)OCCCc1ccccc1)c1ccc(C)cc1. The first-order valence-corrected chi connectivity index (χ1v) is 8.75. The van der Waals surface area contributed by atoms with Gasteiger partial charge in [0.1, 0.15) is 0 Å². The maximum absolute atomic E-state index is 12.4. The van der Waals surface area contributed by atoms with Crippen molar-refractivity contribution in [3.63, 3.8) is 0 Å². The van der Waals surface area contributed by atoms with Gasteiger partial charge in [-0.1, -0.05) is 61.4 Å². The number of hydrogen-bond donors (Lipinski definition) is 0. The molecule has 0 atom stereocenters. The molecule has 0 saturated heterocycles. The van der Waals surface area contributed by atoms with Gasteiger partial charge < -0.3 is 4.74 Å². The Morgan fingerprint density at radius 3 is 2.38 bits per heavy atom. The van der Waals surface area contributed by atoms with Crippen molar-refractivity contribution in [1.82, 2.24) is 0 Å². The monoisotopic (exact) mass is 325 g/mol. The lowest BCUT2D eigenvalue weighted by Gasteiger charge is -2.22. The van der Waals surface area contributed by atoms with E-state index in [1.807, 2.05) is 49.4 Å². The predicted molar refractivity (Wildman–Crippen MR) is 99.5 cm³/mol. The van der Waals surface area contributed by atoms with Crippen LogP contribution in [0.4, 0.5) is 10.5 Å². The highest BCUT2D eigenvalue weighted by Crippen LogP contribution is 2.17. The molecule has 2 rings (SSSR count). The molecule has 3 nitrogen and oxygen atoms in total. The van der Waals surface area contributed by atoms with E-state index in [2.05, 4.69) is 19.1 Å². The van der Waals surface area contributed by atoms with E-state index in [1.54, 1.807) is 4.90 Å². The molecule has 2 aromatic carbocycles. The lowest BCUT2D eigenvalue weighted by molar-refractivity contribution is 0.152. The highest BCUT2D eigenvalue weighted by Gasteiger charge is 2.16. The van der Waals surface area contributed by atoms with Gasteiger partial charge in [0.25, 0.3) is 0 Å². The molecule has 0 bridgehead atoms. The van der Waals surface area contributed by atoms with Crippen molar-refractivity contribution in [3.8, 4) is 0 Å². The highest BCUT2D eigenvalue weighted by atomic mass is 16.6. The van der Waals surface area contributed by atoms with Crippen LogP contribution in [-0.2, 0) is 11.2 Å². The van der Waals surface area contributed by atoms with E-state index in [-0.39, 0.29) is 6.09 Å². The van der Waals surface area contributed by atoms with Crippen LogP contribution in [0.3, 0.4) is 0 Å². The third-order valence-corrected chi connectivity index (χ3v) is 3.98. The molecule has 0 N–H and O–H groups in total. The van der Waals surface area contributed by atoms with E-state index in [9.17, 15) is 4.79 Å². The number of hydrogen-bond acceptors (Lipinski definition) is 2. The molecule has 0 heterocycles. The molecule has 0 aliphatic carbocycles. The summed E-state index contributed by atoms with van der Waals surface area (Å²) in [4.78, 5) is 14.2. The van der Waals surface area contributed by atoms with Crippen LogP contribution in [-0.4, -0.2) is 19.2 Å². The van der Waals surface area contributed by atoms with Crippen LogP contribution in [0.5, 0.6) is 0 Å². The fraction of sp³-hybridized carbons (Fsp3) is 0.381. The molecule has 3 heteroatoms. The molecule has 0 unspecified atom stereocenters. The third kappa shape index (κ3) is 5.73. The molecule has 0 aliphatic heterocycles. The Kier molecular flexibility index (Phi) is 7.34. The summed E-state index contributed by atoms with van der Waals surface area (Å²) in [6, 6.07) is 18.3. The second kappa shape index (κ2) is 9.76. The maximum Gasteiger partial charge on any atom is 0.414 e. The van der Waals surface area contributed by atoms with Crippen molar-refractivity contribution in [2.24, 2.45) is 0 Å². The predicted octanol–water partition coefficient (Wildman–Crippen LogP) is 5.37. The molecule has 0 fully saturated rings. The van der Waals surface area contributed by atoms with E-state index in [1.165, 1.54) is 11.1 Å². The van der Waals surface area contributed by atoms with Gasteiger partial charge in [-0.05, 0) is 43.9 Å². The number of amides is 1. The van der Waals surface area contributed by atoms with Gasteiger partial charge in [0, 0.05) is 12.2 Å². The van der Waals surface area contributed by atoms with Gasteiger partial charge in [-0.2, -0.15) is 0 Å². The molecule has 0 radical (unpaired) electrons. The Morgan fingerprint density at radius 2 is 1.71 bits per heavy atom. The topological polar surface area (TPSA) is 29.5 Å². The lowest BCUT2D eigenvalue weighted by atomic mass is 10.1. The Hall–Kier alpha value is -2.29. The van der Waals surface area contributed by atoms with Crippen molar-refractivity contribution in [2.75, 3.05) is 18.1 Å². The Labute approximate surface area is 145 Å². The van der Waals surface area contributed by atoms with Crippen molar-refractivity contribution in [2.45, 2.75) is 39.5 Å². The molecule has 0 saturated carbocycles. The lowest BCUT2D eigenvalue weighted by Crippen LogP contribution is -2.32. The summed E-state index contributed by atoms with van der Waals surface area (Å²) in [6.45, 7) is 5.31. The summed E-state index contributed by atoms with van der Waals surface area (Å²) in [5.74, 6) is 0. The van der Waals surface area contributed by atoms with Gasteiger partial charge in [-0.3, -0.25) is 4.90 Å². The second-order valence-corrected chi connectivity index (χ2v) is 6.04. The number of anilines is 1.